The Morgan fingerprint density at radius 1 is 1.16 bits per heavy atom. The molecule has 0 aliphatic heterocycles. The largest absolute Gasteiger partial charge is 0.481 e. The van der Waals surface area contributed by atoms with E-state index in [9.17, 15) is 14.7 Å². The van der Waals surface area contributed by atoms with E-state index in [2.05, 4.69) is 25.1 Å². The maximum absolute atomic E-state index is 12.3. The van der Waals surface area contributed by atoms with Crippen LogP contribution in [0.5, 0.6) is 0 Å². The van der Waals surface area contributed by atoms with Gasteiger partial charge in [0.15, 0.2) is 0 Å². The quantitative estimate of drug-likeness (QED) is 0.346. The number of rotatable bonds is 16. The van der Waals surface area contributed by atoms with Crippen molar-refractivity contribution in [2.75, 3.05) is 6.61 Å². The maximum atomic E-state index is 12.3. The molecule has 0 aromatic heterocycles. The second-order valence-corrected chi connectivity index (χ2v) is 9.03. The summed E-state index contributed by atoms with van der Waals surface area (Å²) in [4.78, 5) is 22.9. The van der Waals surface area contributed by atoms with Gasteiger partial charge in [0.25, 0.3) is 0 Å². The van der Waals surface area contributed by atoms with E-state index in [1.165, 1.54) is 0 Å². The fourth-order valence-electron chi connectivity index (χ4n) is 4.67. The number of ketones is 1. The number of aliphatic carboxylic acids is 1. The SMILES string of the molecule is CCCOCc1cccc(C[C@@H](O)CC[C@H]2CCC(=O)[C@@H]2CCCCCCC(=O)O)c1. The molecule has 5 heteroatoms. The summed E-state index contributed by atoms with van der Waals surface area (Å²) in [5.41, 5.74) is 2.27. The number of aliphatic hydroxyl groups is 1. The van der Waals surface area contributed by atoms with Gasteiger partial charge in [-0.1, -0.05) is 50.5 Å². The number of unbranched alkanes of at least 4 members (excludes halogenated alkanes) is 3. The summed E-state index contributed by atoms with van der Waals surface area (Å²) in [5, 5.41) is 19.3. The third-order valence-corrected chi connectivity index (χ3v) is 6.35. The fraction of sp³-hybridized carbons (Fsp3) is 0.692. The summed E-state index contributed by atoms with van der Waals surface area (Å²) in [5.74, 6) is 0.159. The summed E-state index contributed by atoms with van der Waals surface area (Å²) in [6.45, 7) is 3.47. The smallest absolute Gasteiger partial charge is 0.303 e. The van der Waals surface area contributed by atoms with Gasteiger partial charge >= 0.3 is 5.97 Å². The predicted octanol–water partition coefficient (Wildman–Crippen LogP) is 5.32. The highest BCUT2D eigenvalue weighted by atomic mass is 16.5. The molecule has 0 bridgehead atoms. The van der Waals surface area contributed by atoms with E-state index in [0.29, 0.717) is 31.1 Å². The number of carboxylic acid groups (broad SMARTS) is 1. The van der Waals surface area contributed by atoms with E-state index in [0.717, 1.165) is 75.5 Å². The van der Waals surface area contributed by atoms with Gasteiger partial charge in [-0.25, -0.2) is 0 Å². The number of carbonyl (C=O) groups is 2. The molecule has 31 heavy (non-hydrogen) atoms. The van der Waals surface area contributed by atoms with Gasteiger partial charge < -0.3 is 14.9 Å². The van der Waals surface area contributed by atoms with E-state index < -0.39 is 5.97 Å². The average Bonchev–Trinajstić information content (AvgIpc) is 3.09. The summed E-state index contributed by atoms with van der Waals surface area (Å²) in [6.07, 6.45) is 9.25. The number of carbonyl (C=O) groups excluding carboxylic acids is 1. The van der Waals surface area contributed by atoms with E-state index in [1.807, 2.05) is 6.07 Å². The maximum Gasteiger partial charge on any atom is 0.303 e. The van der Waals surface area contributed by atoms with Crippen molar-refractivity contribution in [1.29, 1.82) is 0 Å². The first-order chi connectivity index (χ1) is 15.0. The highest BCUT2D eigenvalue weighted by Crippen LogP contribution is 2.36. The number of carboxylic acids is 1. The second kappa shape index (κ2) is 14.4. The first-order valence-electron chi connectivity index (χ1n) is 12.1. The van der Waals surface area contributed by atoms with Crippen LogP contribution in [-0.2, 0) is 27.4 Å². The van der Waals surface area contributed by atoms with Crippen LogP contribution in [0.1, 0.15) is 88.7 Å². The molecule has 2 N–H and O–H groups in total. The van der Waals surface area contributed by atoms with Crippen molar-refractivity contribution in [3.63, 3.8) is 0 Å². The van der Waals surface area contributed by atoms with Crippen LogP contribution < -0.4 is 0 Å². The minimum absolute atomic E-state index is 0.130. The minimum atomic E-state index is -0.735. The van der Waals surface area contributed by atoms with Gasteiger partial charge in [-0.15, -0.1) is 0 Å². The lowest BCUT2D eigenvalue weighted by atomic mass is 9.85. The van der Waals surface area contributed by atoms with Crippen LogP contribution in [0, 0.1) is 11.8 Å². The van der Waals surface area contributed by atoms with Crippen molar-refractivity contribution in [1.82, 2.24) is 0 Å². The number of aliphatic hydroxyl groups excluding tert-OH is 1. The molecule has 0 spiro atoms. The zero-order valence-corrected chi connectivity index (χ0v) is 19.1. The zero-order chi connectivity index (χ0) is 22.5. The molecule has 1 fully saturated rings. The van der Waals surface area contributed by atoms with Crippen molar-refractivity contribution < 1.29 is 24.5 Å². The van der Waals surface area contributed by atoms with Crippen LogP contribution >= 0.6 is 0 Å². The molecular formula is C26H40O5. The van der Waals surface area contributed by atoms with Crippen LogP contribution in [0.15, 0.2) is 24.3 Å². The third-order valence-electron chi connectivity index (χ3n) is 6.35. The molecule has 3 atom stereocenters. The highest BCUT2D eigenvalue weighted by molar-refractivity contribution is 5.83. The normalized spacial score (nSPS) is 19.6. The molecule has 174 valence electrons. The Labute approximate surface area is 187 Å². The predicted molar refractivity (Wildman–Crippen MR) is 122 cm³/mol. The molecule has 2 rings (SSSR count). The number of Topliss-reactive ketones (excluding diaryl/α,β-unsaturated/α-hetero) is 1. The third kappa shape index (κ3) is 9.96. The Kier molecular flexibility index (Phi) is 11.8. The van der Waals surface area contributed by atoms with Crippen LogP contribution in [0.3, 0.4) is 0 Å². The Morgan fingerprint density at radius 2 is 1.94 bits per heavy atom. The molecule has 0 saturated heterocycles. The van der Waals surface area contributed by atoms with E-state index >= 15 is 0 Å². The topological polar surface area (TPSA) is 83.8 Å². The van der Waals surface area contributed by atoms with Crippen LogP contribution in [0.25, 0.3) is 0 Å². The van der Waals surface area contributed by atoms with Gasteiger partial charge in [-0.05, 0) is 62.0 Å². The minimum Gasteiger partial charge on any atom is -0.481 e. The van der Waals surface area contributed by atoms with Gasteiger partial charge in [-0.2, -0.15) is 0 Å². The van der Waals surface area contributed by atoms with E-state index in [4.69, 9.17) is 9.84 Å². The van der Waals surface area contributed by atoms with E-state index in [1.54, 1.807) is 0 Å². The van der Waals surface area contributed by atoms with Gasteiger partial charge in [-0.3, -0.25) is 9.59 Å². The average molecular weight is 433 g/mol. The van der Waals surface area contributed by atoms with Crippen LogP contribution in [0.4, 0.5) is 0 Å². The van der Waals surface area contributed by atoms with Crippen molar-refractivity contribution in [3.8, 4) is 0 Å². The first kappa shape index (κ1) is 25.5. The van der Waals surface area contributed by atoms with Crippen LogP contribution in [-0.4, -0.2) is 34.7 Å². The van der Waals surface area contributed by atoms with Crippen LogP contribution in [0.2, 0.25) is 0 Å². The zero-order valence-electron chi connectivity index (χ0n) is 19.1. The molecule has 0 unspecified atom stereocenters. The number of benzene rings is 1. The van der Waals surface area contributed by atoms with Crippen molar-refractivity contribution in [2.24, 2.45) is 11.8 Å². The molecule has 5 nitrogen and oxygen atoms in total. The Morgan fingerprint density at radius 3 is 2.71 bits per heavy atom. The summed E-state index contributed by atoms with van der Waals surface area (Å²) in [7, 11) is 0. The summed E-state index contributed by atoms with van der Waals surface area (Å²) >= 11 is 0. The number of ether oxygens (including phenoxy) is 1. The molecule has 1 aromatic carbocycles. The van der Waals surface area contributed by atoms with Gasteiger partial charge in [0.2, 0.25) is 0 Å². The molecule has 1 aromatic rings. The van der Waals surface area contributed by atoms with Crippen molar-refractivity contribution >= 4 is 11.8 Å². The lowest BCUT2D eigenvalue weighted by Crippen LogP contribution is -2.18. The van der Waals surface area contributed by atoms with Gasteiger partial charge in [0, 0.05) is 25.4 Å². The Balaban J connectivity index is 1.71. The Bertz CT molecular complexity index is 672. The number of hydrogen-bond acceptors (Lipinski definition) is 4. The van der Waals surface area contributed by atoms with Crippen molar-refractivity contribution in [2.45, 2.75) is 96.7 Å². The Hall–Kier alpha value is -1.72. The summed E-state index contributed by atoms with van der Waals surface area (Å²) < 4.78 is 5.61. The van der Waals surface area contributed by atoms with Gasteiger partial charge in [0.05, 0.1) is 12.7 Å². The molecule has 1 aliphatic carbocycles. The van der Waals surface area contributed by atoms with Crippen molar-refractivity contribution in [3.05, 3.63) is 35.4 Å². The van der Waals surface area contributed by atoms with E-state index in [-0.39, 0.29) is 18.4 Å². The van der Waals surface area contributed by atoms with Gasteiger partial charge in [0.1, 0.15) is 5.78 Å². The lowest BCUT2D eigenvalue weighted by molar-refractivity contribution is -0.137. The fourth-order valence-corrected chi connectivity index (χ4v) is 4.67. The molecule has 0 heterocycles. The lowest BCUT2D eigenvalue weighted by Gasteiger charge is -2.20. The molecule has 1 saturated carbocycles. The first-order valence-corrected chi connectivity index (χ1v) is 12.1. The molecule has 0 radical (unpaired) electrons. The highest BCUT2D eigenvalue weighted by Gasteiger charge is 2.33. The molecule has 1 aliphatic rings. The standard InChI is InChI=1S/C26H40O5/c1-2-16-31-19-21-9-7-8-20(17-21)18-23(27)14-12-22-13-15-25(28)24(22)10-5-3-4-6-11-26(29)30/h7-9,17,22-24,27H,2-6,10-16,18-19H2,1H3,(H,29,30)/t22-,23-,24+/m0/s1. The molecule has 0 amide bonds. The number of hydrogen-bond donors (Lipinski definition) is 2. The monoisotopic (exact) mass is 432 g/mol. The summed E-state index contributed by atoms with van der Waals surface area (Å²) in [6, 6.07) is 8.25. The second-order valence-electron chi connectivity index (χ2n) is 9.03. The molecular weight excluding hydrogens is 392 g/mol.